The average Bonchev–Trinajstić information content (AvgIpc) is 2.62. The van der Waals surface area contributed by atoms with Gasteiger partial charge in [-0.2, -0.15) is 0 Å². The number of carbonyl (C=O) groups excluding carboxylic acids is 3. The fourth-order valence-electron chi connectivity index (χ4n) is 2.68. The van der Waals surface area contributed by atoms with Gasteiger partial charge in [-0.15, -0.1) is 0 Å². The van der Waals surface area contributed by atoms with Gasteiger partial charge in [0.05, 0.1) is 12.3 Å². The van der Waals surface area contributed by atoms with Crippen LogP contribution in [0.15, 0.2) is 54.1 Å². The zero-order chi connectivity index (χ0) is 18.7. The number of anilines is 1. The van der Waals surface area contributed by atoms with Crippen molar-refractivity contribution in [2.24, 2.45) is 0 Å². The smallest absolute Gasteiger partial charge is 0.335 e. The van der Waals surface area contributed by atoms with Gasteiger partial charge in [-0.1, -0.05) is 30.3 Å². The van der Waals surface area contributed by atoms with Crippen LogP contribution in [-0.2, 0) is 9.59 Å². The summed E-state index contributed by atoms with van der Waals surface area (Å²) in [5.74, 6) is -0.661. The van der Waals surface area contributed by atoms with Crippen LogP contribution in [0.25, 0.3) is 6.08 Å². The Labute approximate surface area is 151 Å². The van der Waals surface area contributed by atoms with Crippen LogP contribution in [0.1, 0.15) is 18.1 Å². The van der Waals surface area contributed by atoms with Crippen LogP contribution in [0.4, 0.5) is 10.5 Å². The van der Waals surface area contributed by atoms with Crippen molar-refractivity contribution < 1.29 is 19.1 Å². The molecule has 0 aromatic heterocycles. The first-order chi connectivity index (χ1) is 12.5. The molecule has 1 heterocycles. The number of barbiturate groups is 1. The molecule has 0 spiro atoms. The fraction of sp³-hybridized carbons (Fsp3) is 0.150. The molecule has 0 bridgehead atoms. The van der Waals surface area contributed by atoms with Crippen molar-refractivity contribution in [1.82, 2.24) is 5.32 Å². The standard InChI is InChI=1S/C20H18N2O4/c1-3-26-15-10-8-14(9-11-15)12-16-18(23)21-20(25)22(19(16)24)17-7-5-4-6-13(17)2/h4-12H,3H2,1-2H3,(H,21,23,25)/b16-12+. The molecule has 0 aliphatic carbocycles. The lowest BCUT2D eigenvalue weighted by atomic mass is 10.1. The van der Waals surface area contributed by atoms with Crippen molar-refractivity contribution >= 4 is 29.6 Å². The lowest BCUT2D eigenvalue weighted by Gasteiger charge is -2.27. The van der Waals surface area contributed by atoms with Crippen LogP contribution >= 0.6 is 0 Å². The number of nitrogens with one attached hydrogen (secondary N) is 1. The van der Waals surface area contributed by atoms with Gasteiger partial charge in [0.1, 0.15) is 11.3 Å². The highest BCUT2D eigenvalue weighted by Gasteiger charge is 2.37. The van der Waals surface area contributed by atoms with Crippen LogP contribution in [0.5, 0.6) is 5.75 Å². The number of benzene rings is 2. The molecule has 1 aliphatic heterocycles. The largest absolute Gasteiger partial charge is 0.494 e. The van der Waals surface area contributed by atoms with E-state index in [0.717, 1.165) is 10.5 Å². The molecular weight excluding hydrogens is 332 g/mol. The molecule has 0 atom stereocenters. The van der Waals surface area contributed by atoms with E-state index in [-0.39, 0.29) is 5.57 Å². The maximum Gasteiger partial charge on any atom is 0.335 e. The van der Waals surface area contributed by atoms with Gasteiger partial charge in [0.2, 0.25) is 0 Å². The quantitative estimate of drug-likeness (QED) is 0.679. The summed E-state index contributed by atoms with van der Waals surface area (Å²) in [7, 11) is 0. The number of aryl methyl sites for hydroxylation is 1. The minimum absolute atomic E-state index is 0.1000. The zero-order valence-corrected chi connectivity index (χ0v) is 14.5. The summed E-state index contributed by atoms with van der Waals surface area (Å²) >= 11 is 0. The van der Waals surface area contributed by atoms with Crippen LogP contribution in [-0.4, -0.2) is 24.5 Å². The van der Waals surface area contributed by atoms with Crippen molar-refractivity contribution in [3.05, 3.63) is 65.2 Å². The van der Waals surface area contributed by atoms with E-state index in [1.54, 1.807) is 49.4 Å². The average molecular weight is 350 g/mol. The third kappa shape index (κ3) is 3.35. The van der Waals surface area contributed by atoms with Gasteiger partial charge in [-0.25, -0.2) is 9.69 Å². The van der Waals surface area contributed by atoms with E-state index >= 15 is 0 Å². The molecule has 6 nitrogen and oxygen atoms in total. The number of nitrogens with zero attached hydrogens (tertiary/aromatic N) is 1. The van der Waals surface area contributed by atoms with Crippen molar-refractivity contribution in [2.45, 2.75) is 13.8 Å². The molecule has 1 fully saturated rings. The normalized spacial score (nSPS) is 16.0. The number of urea groups is 1. The topological polar surface area (TPSA) is 75.7 Å². The first-order valence-corrected chi connectivity index (χ1v) is 8.21. The van der Waals surface area contributed by atoms with E-state index in [2.05, 4.69) is 5.32 Å². The summed E-state index contributed by atoms with van der Waals surface area (Å²) in [5, 5.41) is 2.22. The zero-order valence-electron chi connectivity index (χ0n) is 14.5. The molecule has 6 heteroatoms. The summed E-state index contributed by atoms with van der Waals surface area (Å²) in [6.45, 7) is 4.23. The van der Waals surface area contributed by atoms with Crippen LogP contribution in [0.2, 0.25) is 0 Å². The molecule has 0 radical (unpaired) electrons. The van der Waals surface area contributed by atoms with Gasteiger partial charge in [-0.3, -0.25) is 14.9 Å². The molecule has 132 valence electrons. The molecule has 1 saturated heterocycles. The summed E-state index contributed by atoms with van der Waals surface area (Å²) in [6, 6.07) is 13.2. The Morgan fingerprint density at radius 3 is 2.38 bits per heavy atom. The molecular formula is C20H18N2O4. The Bertz CT molecular complexity index is 900. The second kappa shape index (κ2) is 7.23. The van der Waals surface area contributed by atoms with Crippen LogP contribution < -0.4 is 15.0 Å². The fourth-order valence-corrected chi connectivity index (χ4v) is 2.68. The van der Waals surface area contributed by atoms with E-state index in [1.807, 2.05) is 13.0 Å². The predicted molar refractivity (Wildman–Crippen MR) is 97.8 cm³/mol. The Hall–Kier alpha value is -3.41. The molecule has 1 aliphatic rings. The van der Waals surface area contributed by atoms with E-state index in [9.17, 15) is 14.4 Å². The second-order valence-electron chi connectivity index (χ2n) is 5.75. The Balaban J connectivity index is 1.96. The van der Waals surface area contributed by atoms with Gasteiger partial charge in [0.25, 0.3) is 11.8 Å². The number of carbonyl (C=O) groups is 3. The van der Waals surface area contributed by atoms with Crippen molar-refractivity contribution in [2.75, 3.05) is 11.5 Å². The van der Waals surface area contributed by atoms with Gasteiger partial charge < -0.3 is 4.74 Å². The van der Waals surface area contributed by atoms with E-state index in [4.69, 9.17) is 4.74 Å². The number of para-hydroxylation sites is 1. The molecule has 2 aromatic rings. The molecule has 4 amide bonds. The number of hydrogen-bond acceptors (Lipinski definition) is 4. The summed E-state index contributed by atoms with van der Waals surface area (Å²) in [4.78, 5) is 38.2. The molecule has 26 heavy (non-hydrogen) atoms. The summed E-state index contributed by atoms with van der Waals surface area (Å²) in [5.41, 5.74) is 1.76. The highest BCUT2D eigenvalue weighted by atomic mass is 16.5. The van der Waals surface area contributed by atoms with Gasteiger partial charge in [0.15, 0.2) is 0 Å². The van der Waals surface area contributed by atoms with Crippen LogP contribution in [0.3, 0.4) is 0 Å². The van der Waals surface area contributed by atoms with Crippen molar-refractivity contribution in [3.63, 3.8) is 0 Å². The van der Waals surface area contributed by atoms with Gasteiger partial charge >= 0.3 is 6.03 Å². The highest BCUT2D eigenvalue weighted by Crippen LogP contribution is 2.25. The number of hydrogen-bond donors (Lipinski definition) is 1. The monoisotopic (exact) mass is 350 g/mol. The minimum atomic E-state index is -0.752. The first-order valence-electron chi connectivity index (χ1n) is 8.21. The number of rotatable bonds is 4. The number of ether oxygens (including phenoxy) is 1. The lowest BCUT2D eigenvalue weighted by Crippen LogP contribution is -2.54. The van der Waals surface area contributed by atoms with Crippen molar-refractivity contribution in [1.29, 1.82) is 0 Å². The maximum atomic E-state index is 12.8. The Morgan fingerprint density at radius 2 is 1.73 bits per heavy atom. The molecule has 0 saturated carbocycles. The van der Waals surface area contributed by atoms with E-state index in [0.29, 0.717) is 23.6 Å². The predicted octanol–water partition coefficient (Wildman–Crippen LogP) is 3.06. The molecule has 1 N–H and O–H groups in total. The summed E-state index contributed by atoms with van der Waals surface area (Å²) < 4.78 is 5.38. The molecule has 2 aromatic carbocycles. The Kier molecular flexibility index (Phi) is 4.84. The highest BCUT2D eigenvalue weighted by molar-refractivity contribution is 6.39. The van der Waals surface area contributed by atoms with Gasteiger partial charge in [-0.05, 0) is 49.2 Å². The third-order valence-electron chi connectivity index (χ3n) is 3.96. The Morgan fingerprint density at radius 1 is 1.04 bits per heavy atom. The summed E-state index contributed by atoms with van der Waals surface area (Å²) in [6.07, 6.45) is 1.46. The van der Waals surface area contributed by atoms with E-state index in [1.165, 1.54) is 6.08 Å². The third-order valence-corrected chi connectivity index (χ3v) is 3.96. The number of amides is 4. The first kappa shape index (κ1) is 17.4. The SMILES string of the molecule is CCOc1ccc(/C=C2\C(=O)NC(=O)N(c3ccccc3C)C2=O)cc1. The lowest BCUT2D eigenvalue weighted by molar-refractivity contribution is -0.122. The second-order valence-corrected chi connectivity index (χ2v) is 5.75. The van der Waals surface area contributed by atoms with Crippen LogP contribution in [0, 0.1) is 6.92 Å². The van der Waals surface area contributed by atoms with Crippen molar-refractivity contribution in [3.8, 4) is 5.75 Å². The minimum Gasteiger partial charge on any atom is -0.494 e. The van der Waals surface area contributed by atoms with Gasteiger partial charge in [0, 0.05) is 0 Å². The van der Waals surface area contributed by atoms with E-state index < -0.39 is 17.8 Å². The maximum absolute atomic E-state index is 12.8. The molecule has 0 unspecified atom stereocenters. The number of imide groups is 2. The molecule has 3 rings (SSSR count).